The number of aromatic nitrogens is 1. The Hall–Kier alpha value is -2.14. The Bertz CT molecular complexity index is 704. The summed E-state index contributed by atoms with van der Waals surface area (Å²) in [4.78, 5) is 21.2. The molecule has 0 radical (unpaired) electrons. The van der Waals surface area contributed by atoms with Crippen LogP contribution in [0.4, 0.5) is 4.79 Å². The van der Waals surface area contributed by atoms with Crippen LogP contribution in [0, 0.1) is 0 Å². The van der Waals surface area contributed by atoms with Gasteiger partial charge in [-0.2, -0.15) is 0 Å². The van der Waals surface area contributed by atoms with Crippen molar-refractivity contribution in [2.75, 3.05) is 27.2 Å². The van der Waals surface area contributed by atoms with Gasteiger partial charge < -0.3 is 15.1 Å². The lowest BCUT2D eigenvalue weighted by Gasteiger charge is -2.35. The van der Waals surface area contributed by atoms with Crippen molar-refractivity contribution in [2.45, 2.75) is 31.8 Å². The van der Waals surface area contributed by atoms with E-state index in [1.165, 1.54) is 0 Å². The first-order chi connectivity index (χ1) is 11.6. The third-order valence-corrected chi connectivity index (χ3v) is 5.04. The van der Waals surface area contributed by atoms with Crippen molar-refractivity contribution >= 4 is 16.9 Å². The fourth-order valence-corrected chi connectivity index (χ4v) is 3.42. The van der Waals surface area contributed by atoms with Gasteiger partial charge >= 0.3 is 6.03 Å². The van der Waals surface area contributed by atoms with Crippen molar-refractivity contribution in [3.8, 4) is 0 Å². The summed E-state index contributed by atoms with van der Waals surface area (Å²) in [5.41, 5.74) is 2.06. The van der Waals surface area contributed by atoms with Crippen LogP contribution in [0.2, 0.25) is 0 Å². The first-order valence-electron chi connectivity index (χ1n) is 8.62. The first-order valence-corrected chi connectivity index (χ1v) is 8.62. The largest absolute Gasteiger partial charge is 0.331 e. The molecule has 2 amide bonds. The number of piperidine rings is 1. The molecule has 0 bridgehead atoms. The average Bonchev–Trinajstić information content (AvgIpc) is 2.61. The molecule has 128 valence electrons. The quantitative estimate of drug-likeness (QED) is 0.943. The third-order valence-electron chi connectivity index (χ3n) is 5.04. The molecular weight excluding hydrogens is 300 g/mol. The van der Waals surface area contributed by atoms with E-state index in [1.807, 2.05) is 37.1 Å². The molecule has 3 rings (SSSR count). The second-order valence-corrected chi connectivity index (χ2v) is 6.73. The molecule has 1 atom stereocenters. The summed E-state index contributed by atoms with van der Waals surface area (Å²) < 4.78 is 0. The van der Waals surface area contributed by atoms with Crippen LogP contribution in [0.3, 0.4) is 0 Å². The molecule has 0 spiro atoms. The number of urea groups is 1. The van der Waals surface area contributed by atoms with E-state index in [0.29, 0.717) is 6.04 Å². The highest BCUT2D eigenvalue weighted by Gasteiger charge is 2.25. The maximum absolute atomic E-state index is 12.6. The number of hydrogen-bond acceptors (Lipinski definition) is 3. The topological polar surface area (TPSA) is 48.5 Å². The van der Waals surface area contributed by atoms with E-state index in [4.69, 9.17) is 0 Å². The van der Waals surface area contributed by atoms with Crippen LogP contribution in [0.5, 0.6) is 0 Å². The van der Waals surface area contributed by atoms with E-state index in [-0.39, 0.29) is 12.1 Å². The minimum atomic E-state index is -0.0564. The van der Waals surface area contributed by atoms with Crippen molar-refractivity contribution in [2.24, 2.45) is 0 Å². The molecule has 1 aromatic heterocycles. The number of likely N-dealkylation sites (tertiary alicyclic amines) is 1. The number of carbonyl (C=O) groups is 1. The molecule has 5 heteroatoms. The highest BCUT2D eigenvalue weighted by atomic mass is 16.2. The van der Waals surface area contributed by atoms with Crippen molar-refractivity contribution in [1.82, 2.24) is 20.1 Å². The second-order valence-electron chi connectivity index (χ2n) is 6.73. The molecular formula is C19H26N4O. The van der Waals surface area contributed by atoms with Gasteiger partial charge in [0.1, 0.15) is 0 Å². The number of hydrogen-bond donors (Lipinski definition) is 1. The molecule has 1 saturated heterocycles. The fourth-order valence-electron chi connectivity index (χ4n) is 3.42. The predicted molar refractivity (Wildman–Crippen MR) is 97.0 cm³/mol. The van der Waals surface area contributed by atoms with Gasteiger partial charge in [-0.1, -0.05) is 18.2 Å². The average molecular weight is 326 g/mol. The van der Waals surface area contributed by atoms with E-state index >= 15 is 0 Å². The summed E-state index contributed by atoms with van der Waals surface area (Å²) in [6.45, 7) is 4.13. The SMILES string of the molecule is CC(NC(=O)N(C)C1CCN(C)CC1)c1cccc2ncccc12. The van der Waals surface area contributed by atoms with Gasteiger partial charge in [0.15, 0.2) is 0 Å². The van der Waals surface area contributed by atoms with Gasteiger partial charge in [-0.15, -0.1) is 0 Å². The molecule has 1 fully saturated rings. The van der Waals surface area contributed by atoms with Crippen molar-refractivity contribution < 1.29 is 4.79 Å². The van der Waals surface area contributed by atoms with Crippen molar-refractivity contribution in [3.05, 3.63) is 42.1 Å². The number of benzene rings is 1. The Balaban J connectivity index is 1.69. The number of nitrogens with one attached hydrogen (secondary N) is 1. The second kappa shape index (κ2) is 7.18. The Morgan fingerprint density at radius 1 is 1.29 bits per heavy atom. The molecule has 1 aliphatic rings. The van der Waals surface area contributed by atoms with Crippen LogP contribution in [0.15, 0.2) is 36.5 Å². The van der Waals surface area contributed by atoms with Crippen LogP contribution in [-0.4, -0.2) is 54.0 Å². The normalized spacial score (nSPS) is 17.6. The highest BCUT2D eigenvalue weighted by Crippen LogP contribution is 2.23. The molecule has 1 aromatic carbocycles. The van der Waals surface area contributed by atoms with E-state index in [9.17, 15) is 4.79 Å². The van der Waals surface area contributed by atoms with Crippen LogP contribution in [0.1, 0.15) is 31.4 Å². The van der Waals surface area contributed by atoms with Gasteiger partial charge in [-0.25, -0.2) is 4.79 Å². The molecule has 1 unspecified atom stereocenters. The molecule has 1 N–H and O–H groups in total. The highest BCUT2D eigenvalue weighted by molar-refractivity contribution is 5.83. The molecule has 1 aliphatic heterocycles. The van der Waals surface area contributed by atoms with Gasteiger partial charge in [0.2, 0.25) is 0 Å². The van der Waals surface area contributed by atoms with Crippen molar-refractivity contribution in [3.63, 3.8) is 0 Å². The summed E-state index contributed by atoms with van der Waals surface area (Å²) >= 11 is 0. The molecule has 0 aliphatic carbocycles. The summed E-state index contributed by atoms with van der Waals surface area (Å²) in [5.74, 6) is 0. The van der Waals surface area contributed by atoms with Gasteiger partial charge in [-0.05, 0) is 57.6 Å². The van der Waals surface area contributed by atoms with Crippen LogP contribution in [-0.2, 0) is 0 Å². The molecule has 24 heavy (non-hydrogen) atoms. The minimum Gasteiger partial charge on any atom is -0.331 e. The minimum absolute atomic E-state index is 0.00190. The number of fused-ring (bicyclic) bond motifs is 1. The molecule has 0 saturated carbocycles. The number of rotatable bonds is 3. The number of carbonyl (C=O) groups excluding carboxylic acids is 1. The molecule has 5 nitrogen and oxygen atoms in total. The molecule has 2 heterocycles. The number of nitrogens with zero attached hydrogens (tertiary/aromatic N) is 3. The van der Waals surface area contributed by atoms with E-state index in [2.05, 4.69) is 34.4 Å². The Morgan fingerprint density at radius 2 is 2.04 bits per heavy atom. The Labute approximate surface area is 143 Å². The zero-order chi connectivity index (χ0) is 17.1. The standard InChI is InChI=1S/C19H26N4O/c1-14(16-6-4-8-18-17(16)7-5-11-20-18)21-19(24)23(3)15-9-12-22(2)13-10-15/h4-8,11,14-15H,9-10,12-13H2,1-3H3,(H,21,24). The Kier molecular flexibility index (Phi) is 5.00. The lowest BCUT2D eigenvalue weighted by atomic mass is 10.0. The van der Waals surface area contributed by atoms with Gasteiger partial charge in [-0.3, -0.25) is 4.98 Å². The van der Waals surface area contributed by atoms with Gasteiger partial charge in [0, 0.05) is 24.7 Å². The summed E-state index contributed by atoms with van der Waals surface area (Å²) in [6, 6.07) is 10.3. The summed E-state index contributed by atoms with van der Waals surface area (Å²) in [5, 5.41) is 4.23. The lowest BCUT2D eigenvalue weighted by molar-refractivity contribution is 0.146. The van der Waals surface area contributed by atoms with Crippen LogP contribution < -0.4 is 5.32 Å². The maximum Gasteiger partial charge on any atom is 0.317 e. The first kappa shape index (κ1) is 16.7. The number of pyridine rings is 1. The van der Waals surface area contributed by atoms with Gasteiger partial charge in [0.25, 0.3) is 0 Å². The van der Waals surface area contributed by atoms with Crippen LogP contribution >= 0.6 is 0 Å². The smallest absolute Gasteiger partial charge is 0.317 e. The zero-order valence-electron chi connectivity index (χ0n) is 14.7. The maximum atomic E-state index is 12.6. The zero-order valence-corrected chi connectivity index (χ0v) is 14.7. The monoisotopic (exact) mass is 326 g/mol. The van der Waals surface area contributed by atoms with E-state index < -0.39 is 0 Å². The summed E-state index contributed by atoms with van der Waals surface area (Å²) in [6.07, 6.45) is 3.86. The van der Waals surface area contributed by atoms with Crippen molar-refractivity contribution in [1.29, 1.82) is 0 Å². The Morgan fingerprint density at radius 3 is 2.79 bits per heavy atom. The molecule has 2 aromatic rings. The van der Waals surface area contributed by atoms with E-state index in [1.54, 1.807) is 6.20 Å². The third kappa shape index (κ3) is 3.51. The predicted octanol–water partition coefficient (Wildman–Crippen LogP) is 3.03. The van der Waals surface area contributed by atoms with E-state index in [0.717, 1.165) is 42.4 Å². The lowest BCUT2D eigenvalue weighted by Crippen LogP contribution is -2.48. The van der Waals surface area contributed by atoms with Crippen LogP contribution in [0.25, 0.3) is 10.9 Å². The summed E-state index contributed by atoms with van der Waals surface area (Å²) in [7, 11) is 4.04. The number of amides is 2. The fraction of sp³-hybridized carbons (Fsp3) is 0.474. The van der Waals surface area contributed by atoms with Gasteiger partial charge in [0.05, 0.1) is 11.6 Å².